The van der Waals surface area contributed by atoms with E-state index in [0.29, 0.717) is 12.0 Å². The van der Waals surface area contributed by atoms with Gasteiger partial charge < -0.3 is 10.5 Å². The molecule has 0 saturated carbocycles. The van der Waals surface area contributed by atoms with Gasteiger partial charge in [-0.15, -0.1) is 0 Å². The minimum absolute atomic E-state index is 0.0630. The molecular formula is C9H19NO. The Bertz CT molecular complexity index is 126. The standard InChI is InChI=1S/C9H19NO/c1-7(2)9(10)5-4-8(3)11-6-9/h7-8H,4-6,10H2,1-3H3. The van der Waals surface area contributed by atoms with Crippen LogP contribution in [0.3, 0.4) is 0 Å². The van der Waals surface area contributed by atoms with Crippen molar-refractivity contribution in [1.29, 1.82) is 0 Å². The van der Waals surface area contributed by atoms with Gasteiger partial charge in [0.05, 0.1) is 12.7 Å². The van der Waals surface area contributed by atoms with Crippen LogP contribution in [0.2, 0.25) is 0 Å². The van der Waals surface area contributed by atoms with Crippen molar-refractivity contribution in [3.8, 4) is 0 Å². The lowest BCUT2D eigenvalue weighted by atomic mass is 9.81. The van der Waals surface area contributed by atoms with E-state index >= 15 is 0 Å². The summed E-state index contributed by atoms with van der Waals surface area (Å²) in [7, 11) is 0. The summed E-state index contributed by atoms with van der Waals surface area (Å²) in [5.41, 5.74) is 6.08. The van der Waals surface area contributed by atoms with Gasteiger partial charge in [0.1, 0.15) is 0 Å². The van der Waals surface area contributed by atoms with Crippen molar-refractivity contribution in [1.82, 2.24) is 0 Å². The number of ether oxygens (including phenoxy) is 1. The topological polar surface area (TPSA) is 35.2 Å². The second-order valence-corrected chi connectivity index (χ2v) is 4.05. The highest BCUT2D eigenvalue weighted by Gasteiger charge is 2.33. The first-order chi connectivity index (χ1) is 5.04. The fourth-order valence-electron chi connectivity index (χ4n) is 1.38. The fourth-order valence-corrected chi connectivity index (χ4v) is 1.38. The normalized spacial score (nSPS) is 39.5. The molecular weight excluding hydrogens is 138 g/mol. The SMILES string of the molecule is CC1CCC(N)(C(C)C)CO1. The summed E-state index contributed by atoms with van der Waals surface area (Å²) in [5, 5.41) is 0. The van der Waals surface area contributed by atoms with Crippen molar-refractivity contribution in [3.05, 3.63) is 0 Å². The van der Waals surface area contributed by atoms with E-state index in [1.165, 1.54) is 0 Å². The van der Waals surface area contributed by atoms with Crippen LogP contribution in [0.25, 0.3) is 0 Å². The number of hydrogen-bond donors (Lipinski definition) is 1. The zero-order valence-corrected chi connectivity index (χ0v) is 7.76. The van der Waals surface area contributed by atoms with Crippen LogP contribution in [0.4, 0.5) is 0 Å². The van der Waals surface area contributed by atoms with E-state index in [-0.39, 0.29) is 5.54 Å². The lowest BCUT2D eigenvalue weighted by Crippen LogP contribution is -2.53. The second kappa shape index (κ2) is 3.11. The van der Waals surface area contributed by atoms with Crippen LogP contribution in [0.1, 0.15) is 33.6 Å². The molecule has 0 bridgehead atoms. The Morgan fingerprint density at radius 1 is 1.55 bits per heavy atom. The summed E-state index contributed by atoms with van der Waals surface area (Å²) >= 11 is 0. The minimum atomic E-state index is -0.0630. The molecule has 0 radical (unpaired) electrons. The smallest absolute Gasteiger partial charge is 0.0652 e. The molecule has 1 rings (SSSR count). The van der Waals surface area contributed by atoms with Gasteiger partial charge in [0.25, 0.3) is 0 Å². The first kappa shape index (κ1) is 9.01. The Labute approximate surface area is 69.1 Å². The maximum Gasteiger partial charge on any atom is 0.0652 e. The molecule has 2 atom stereocenters. The highest BCUT2D eigenvalue weighted by Crippen LogP contribution is 2.26. The molecule has 0 aliphatic carbocycles. The van der Waals surface area contributed by atoms with E-state index in [1.807, 2.05) is 0 Å². The average Bonchev–Trinajstić information content (AvgIpc) is 1.95. The molecule has 0 aromatic carbocycles. The number of nitrogens with two attached hydrogens (primary N) is 1. The number of rotatable bonds is 1. The summed E-state index contributed by atoms with van der Waals surface area (Å²) in [5.74, 6) is 0.523. The molecule has 2 N–H and O–H groups in total. The van der Waals surface area contributed by atoms with Crippen LogP contribution in [-0.4, -0.2) is 18.2 Å². The van der Waals surface area contributed by atoms with Crippen LogP contribution >= 0.6 is 0 Å². The van der Waals surface area contributed by atoms with Crippen LogP contribution in [-0.2, 0) is 4.74 Å². The van der Waals surface area contributed by atoms with Gasteiger partial charge in [0, 0.05) is 5.54 Å². The third-order valence-electron chi connectivity index (χ3n) is 2.80. The molecule has 0 spiro atoms. The summed E-state index contributed by atoms with van der Waals surface area (Å²) < 4.78 is 5.53. The van der Waals surface area contributed by atoms with Gasteiger partial charge in [-0.1, -0.05) is 13.8 Å². The van der Waals surface area contributed by atoms with Crippen LogP contribution in [0.15, 0.2) is 0 Å². The lowest BCUT2D eigenvalue weighted by molar-refractivity contribution is -0.0320. The molecule has 1 fully saturated rings. The van der Waals surface area contributed by atoms with Crippen molar-refractivity contribution in [2.24, 2.45) is 11.7 Å². The van der Waals surface area contributed by atoms with Gasteiger partial charge in [-0.2, -0.15) is 0 Å². The van der Waals surface area contributed by atoms with E-state index in [9.17, 15) is 0 Å². The van der Waals surface area contributed by atoms with Gasteiger partial charge in [-0.3, -0.25) is 0 Å². The van der Waals surface area contributed by atoms with Crippen LogP contribution in [0.5, 0.6) is 0 Å². The Kier molecular flexibility index (Phi) is 2.55. The molecule has 11 heavy (non-hydrogen) atoms. The summed E-state index contributed by atoms with van der Waals surface area (Å²) in [6.07, 6.45) is 2.62. The molecule has 1 aliphatic heterocycles. The molecule has 66 valence electrons. The zero-order chi connectivity index (χ0) is 8.48. The molecule has 1 aliphatic rings. The summed E-state index contributed by atoms with van der Waals surface area (Å²) in [6.45, 7) is 7.17. The van der Waals surface area contributed by atoms with Crippen LogP contribution < -0.4 is 5.73 Å². The highest BCUT2D eigenvalue weighted by atomic mass is 16.5. The molecule has 0 aromatic rings. The Morgan fingerprint density at radius 2 is 2.18 bits per heavy atom. The molecule has 2 nitrogen and oxygen atoms in total. The van der Waals surface area contributed by atoms with Gasteiger partial charge in [-0.25, -0.2) is 0 Å². The summed E-state index contributed by atoms with van der Waals surface area (Å²) in [4.78, 5) is 0. The maximum atomic E-state index is 6.14. The molecule has 2 unspecified atom stereocenters. The monoisotopic (exact) mass is 157 g/mol. The maximum absolute atomic E-state index is 6.14. The molecule has 0 aromatic heterocycles. The van der Waals surface area contributed by atoms with E-state index in [0.717, 1.165) is 19.4 Å². The van der Waals surface area contributed by atoms with Crippen molar-refractivity contribution in [3.63, 3.8) is 0 Å². The zero-order valence-electron chi connectivity index (χ0n) is 7.76. The fraction of sp³-hybridized carbons (Fsp3) is 1.00. The van der Waals surface area contributed by atoms with Gasteiger partial charge in [0.15, 0.2) is 0 Å². The third-order valence-corrected chi connectivity index (χ3v) is 2.80. The van der Waals surface area contributed by atoms with E-state index < -0.39 is 0 Å². The Balaban J connectivity index is 2.48. The predicted octanol–water partition coefficient (Wildman–Crippen LogP) is 1.54. The van der Waals surface area contributed by atoms with E-state index in [2.05, 4.69) is 20.8 Å². The van der Waals surface area contributed by atoms with E-state index in [4.69, 9.17) is 10.5 Å². The van der Waals surface area contributed by atoms with Crippen molar-refractivity contribution in [2.75, 3.05) is 6.61 Å². The van der Waals surface area contributed by atoms with Crippen molar-refractivity contribution in [2.45, 2.75) is 45.3 Å². The largest absolute Gasteiger partial charge is 0.377 e. The molecule has 0 amide bonds. The molecule has 1 heterocycles. The third kappa shape index (κ3) is 1.94. The van der Waals surface area contributed by atoms with Crippen molar-refractivity contribution >= 4 is 0 Å². The van der Waals surface area contributed by atoms with Crippen molar-refractivity contribution < 1.29 is 4.74 Å². The van der Waals surface area contributed by atoms with E-state index in [1.54, 1.807) is 0 Å². The Hall–Kier alpha value is -0.0800. The number of hydrogen-bond acceptors (Lipinski definition) is 2. The highest BCUT2D eigenvalue weighted by molar-refractivity contribution is 4.90. The van der Waals surface area contributed by atoms with Gasteiger partial charge in [-0.05, 0) is 25.7 Å². The van der Waals surface area contributed by atoms with Gasteiger partial charge in [0.2, 0.25) is 0 Å². The Morgan fingerprint density at radius 3 is 2.55 bits per heavy atom. The lowest BCUT2D eigenvalue weighted by Gasteiger charge is -2.39. The quantitative estimate of drug-likeness (QED) is 0.626. The average molecular weight is 157 g/mol. The second-order valence-electron chi connectivity index (χ2n) is 4.05. The van der Waals surface area contributed by atoms with Crippen LogP contribution in [0, 0.1) is 5.92 Å². The van der Waals surface area contributed by atoms with Gasteiger partial charge >= 0.3 is 0 Å². The molecule has 2 heteroatoms. The first-order valence-corrected chi connectivity index (χ1v) is 4.45. The minimum Gasteiger partial charge on any atom is -0.377 e. The predicted molar refractivity (Wildman–Crippen MR) is 46.4 cm³/mol. The first-order valence-electron chi connectivity index (χ1n) is 4.45. The molecule has 1 saturated heterocycles. The summed E-state index contributed by atoms with van der Waals surface area (Å²) in [6, 6.07) is 0.